The molecule has 0 saturated carbocycles. The molecule has 0 atom stereocenters. The Morgan fingerprint density at radius 1 is 1.22 bits per heavy atom. The molecule has 5 heteroatoms. The zero-order valence-electron chi connectivity index (χ0n) is 14.8. The van der Waals surface area contributed by atoms with Crippen molar-refractivity contribution in [1.29, 1.82) is 0 Å². The summed E-state index contributed by atoms with van der Waals surface area (Å²) >= 11 is 0. The molecule has 1 aromatic rings. The van der Waals surface area contributed by atoms with Gasteiger partial charge in [0.05, 0.1) is 0 Å². The molecule has 0 unspecified atom stereocenters. The van der Waals surface area contributed by atoms with Gasteiger partial charge in [0.15, 0.2) is 0 Å². The Kier molecular flexibility index (Phi) is 5.99. The van der Waals surface area contributed by atoms with Crippen LogP contribution in [-0.2, 0) is 6.54 Å². The maximum Gasteiger partial charge on any atom is 0.263 e. The van der Waals surface area contributed by atoms with Crippen LogP contribution in [0.3, 0.4) is 0 Å². The number of nitrogens with zero attached hydrogens (tertiary/aromatic N) is 3. The van der Waals surface area contributed by atoms with E-state index in [2.05, 4.69) is 25.8 Å². The smallest absolute Gasteiger partial charge is 0.263 e. The summed E-state index contributed by atoms with van der Waals surface area (Å²) in [6, 6.07) is 1.89. The van der Waals surface area contributed by atoms with Crippen molar-refractivity contribution in [3.05, 3.63) is 33.7 Å². The topological polar surface area (TPSA) is 45.6 Å². The van der Waals surface area contributed by atoms with Crippen LogP contribution in [0.1, 0.15) is 42.6 Å². The summed E-state index contributed by atoms with van der Waals surface area (Å²) < 4.78 is 1.68. The number of hydrogen-bond donors (Lipinski definition) is 0. The van der Waals surface area contributed by atoms with Gasteiger partial charge in [0, 0.05) is 32.4 Å². The van der Waals surface area contributed by atoms with Crippen molar-refractivity contribution in [3.8, 4) is 0 Å². The van der Waals surface area contributed by atoms with E-state index in [0.717, 1.165) is 38.0 Å². The van der Waals surface area contributed by atoms with Crippen LogP contribution in [0.2, 0.25) is 0 Å². The molecule has 0 N–H and O–H groups in total. The number of carbonyl (C=O) groups is 1. The number of pyridine rings is 1. The first-order chi connectivity index (χ1) is 10.9. The second-order valence-electron chi connectivity index (χ2n) is 7.00. The summed E-state index contributed by atoms with van der Waals surface area (Å²) in [5, 5.41) is 0. The van der Waals surface area contributed by atoms with Gasteiger partial charge in [0.1, 0.15) is 5.56 Å². The van der Waals surface area contributed by atoms with E-state index in [-0.39, 0.29) is 11.5 Å². The SMILES string of the molecule is Cc1ccn(CCC(C)C)c(=O)c1C(=O)N1CCCN(C)CC1. The average molecular weight is 319 g/mol. The zero-order valence-corrected chi connectivity index (χ0v) is 14.8. The monoisotopic (exact) mass is 319 g/mol. The van der Waals surface area contributed by atoms with Gasteiger partial charge in [-0.15, -0.1) is 0 Å². The van der Waals surface area contributed by atoms with Crippen molar-refractivity contribution in [2.24, 2.45) is 5.92 Å². The molecule has 0 aliphatic carbocycles. The molecule has 128 valence electrons. The van der Waals surface area contributed by atoms with Gasteiger partial charge in [0.2, 0.25) is 0 Å². The van der Waals surface area contributed by atoms with E-state index >= 15 is 0 Å². The molecular formula is C18H29N3O2. The molecule has 0 spiro atoms. The molecule has 1 aliphatic heterocycles. The maximum atomic E-state index is 12.9. The van der Waals surface area contributed by atoms with Crippen molar-refractivity contribution < 1.29 is 4.79 Å². The molecule has 0 radical (unpaired) electrons. The third kappa shape index (κ3) is 4.44. The lowest BCUT2D eigenvalue weighted by molar-refractivity contribution is 0.0759. The molecule has 0 bridgehead atoms. The van der Waals surface area contributed by atoms with Gasteiger partial charge >= 0.3 is 0 Å². The zero-order chi connectivity index (χ0) is 17.0. The highest BCUT2D eigenvalue weighted by Gasteiger charge is 2.23. The van der Waals surface area contributed by atoms with Crippen molar-refractivity contribution in [2.75, 3.05) is 33.2 Å². The lowest BCUT2D eigenvalue weighted by Gasteiger charge is -2.21. The van der Waals surface area contributed by atoms with Crippen molar-refractivity contribution in [3.63, 3.8) is 0 Å². The second kappa shape index (κ2) is 7.77. The average Bonchev–Trinajstić information content (AvgIpc) is 2.71. The van der Waals surface area contributed by atoms with Gasteiger partial charge in [-0.2, -0.15) is 0 Å². The number of aromatic nitrogens is 1. The number of rotatable bonds is 4. The number of amides is 1. The summed E-state index contributed by atoms with van der Waals surface area (Å²) in [6.07, 6.45) is 3.70. The van der Waals surface area contributed by atoms with E-state index in [1.165, 1.54) is 0 Å². The number of likely N-dealkylation sites (N-methyl/N-ethyl adjacent to an activating group) is 1. The minimum atomic E-state index is -0.145. The van der Waals surface area contributed by atoms with Crippen LogP contribution in [0.25, 0.3) is 0 Å². The third-order valence-corrected chi connectivity index (χ3v) is 4.54. The van der Waals surface area contributed by atoms with Gasteiger partial charge in [-0.25, -0.2) is 0 Å². The second-order valence-corrected chi connectivity index (χ2v) is 7.00. The highest BCUT2D eigenvalue weighted by Crippen LogP contribution is 2.10. The van der Waals surface area contributed by atoms with Gasteiger partial charge in [-0.1, -0.05) is 13.8 Å². The maximum absolute atomic E-state index is 12.9. The molecule has 2 rings (SSSR count). The normalized spacial score (nSPS) is 16.7. The van der Waals surface area contributed by atoms with Crippen LogP contribution >= 0.6 is 0 Å². The Morgan fingerprint density at radius 2 is 1.96 bits per heavy atom. The fraction of sp³-hybridized carbons (Fsp3) is 0.667. The summed E-state index contributed by atoms with van der Waals surface area (Å²) in [7, 11) is 2.07. The lowest BCUT2D eigenvalue weighted by Crippen LogP contribution is -2.39. The fourth-order valence-corrected chi connectivity index (χ4v) is 2.91. The highest BCUT2D eigenvalue weighted by molar-refractivity contribution is 5.95. The molecule has 2 heterocycles. The quantitative estimate of drug-likeness (QED) is 0.852. The molecule has 0 aromatic carbocycles. The number of carbonyl (C=O) groups excluding carboxylic acids is 1. The Hall–Kier alpha value is -1.62. The van der Waals surface area contributed by atoms with E-state index in [4.69, 9.17) is 0 Å². The van der Waals surface area contributed by atoms with E-state index in [1.807, 2.05) is 24.1 Å². The van der Waals surface area contributed by atoms with Gasteiger partial charge in [-0.05, 0) is 50.9 Å². The fourth-order valence-electron chi connectivity index (χ4n) is 2.91. The Labute approximate surface area is 138 Å². The van der Waals surface area contributed by atoms with Crippen LogP contribution < -0.4 is 5.56 Å². The van der Waals surface area contributed by atoms with Crippen molar-refractivity contribution in [1.82, 2.24) is 14.4 Å². The predicted octanol–water partition coefficient (Wildman–Crippen LogP) is 1.98. The van der Waals surface area contributed by atoms with E-state index in [1.54, 1.807) is 4.57 Å². The first-order valence-corrected chi connectivity index (χ1v) is 8.58. The Morgan fingerprint density at radius 3 is 2.65 bits per heavy atom. The number of hydrogen-bond acceptors (Lipinski definition) is 3. The first kappa shape index (κ1) is 17.7. The van der Waals surface area contributed by atoms with Crippen LogP contribution in [-0.4, -0.2) is 53.5 Å². The van der Waals surface area contributed by atoms with Gasteiger partial charge in [0.25, 0.3) is 11.5 Å². The minimum Gasteiger partial charge on any atom is -0.337 e. The van der Waals surface area contributed by atoms with Crippen molar-refractivity contribution in [2.45, 2.75) is 40.2 Å². The molecule has 1 fully saturated rings. The summed E-state index contributed by atoms with van der Waals surface area (Å²) in [5.74, 6) is 0.421. The minimum absolute atomic E-state index is 0.110. The van der Waals surface area contributed by atoms with Crippen LogP contribution in [0.5, 0.6) is 0 Å². The van der Waals surface area contributed by atoms with Crippen molar-refractivity contribution >= 4 is 5.91 Å². The van der Waals surface area contributed by atoms with Crippen LogP contribution in [0, 0.1) is 12.8 Å². The molecule has 23 heavy (non-hydrogen) atoms. The molecule has 5 nitrogen and oxygen atoms in total. The molecule has 1 amide bonds. The highest BCUT2D eigenvalue weighted by atomic mass is 16.2. The lowest BCUT2D eigenvalue weighted by atomic mass is 10.1. The van der Waals surface area contributed by atoms with E-state index < -0.39 is 0 Å². The first-order valence-electron chi connectivity index (χ1n) is 8.58. The van der Waals surface area contributed by atoms with Crippen LogP contribution in [0.15, 0.2) is 17.1 Å². The third-order valence-electron chi connectivity index (χ3n) is 4.54. The summed E-state index contributed by atoms with van der Waals surface area (Å²) in [6.45, 7) is 10.1. The van der Waals surface area contributed by atoms with E-state index in [9.17, 15) is 9.59 Å². The standard InChI is InChI=1S/C18H29N3O2/c1-14(2)6-10-21-11-7-15(3)16(18(21)23)17(22)20-9-5-8-19(4)12-13-20/h7,11,14H,5-6,8-10,12-13H2,1-4H3. The summed E-state index contributed by atoms with van der Waals surface area (Å²) in [4.78, 5) is 29.7. The molecule has 1 saturated heterocycles. The Balaban J connectivity index is 2.25. The predicted molar refractivity (Wildman–Crippen MR) is 92.9 cm³/mol. The summed E-state index contributed by atoms with van der Waals surface area (Å²) in [5.41, 5.74) is 0.979. The molecule has 1 aliphatic rings. The van der Waals surface area contributed by atoms with Gasteiger partial charge < -0.3 is 14.4 Å². The molecular weight excluding hydrogens is 290 g/mol. The Bertz CT molecular complexity index is 607. The largest absolute Gasteiger partial charge is 0.337 e. The molecule has 1 aromatic heterocycles. The van der Waals surface area contributed by atoms with E-state index in [0.29, 0.717) is 24.6 Å². The number of aryl methyl sites for hydroxylation is 2. The van der Waals surface area contributed by atoms with Crippen LogP contribution in [0.4, 0.5) is 0 Å². The van der Waals surface area contributed by atoms with Gasteiger partial charge in [-0.3, -0.25) is 9.59 Å².